The van der Waals surface area contributed by atoms with Crippen LogP contribution in [0.5, 0.6) is 11.5 Å². The van der Waals surface area contributed by atoms with E-state index < -0.39 is 0 Å². The maximum absolute atomic E-state index is 6.18. The Morgan fingerprint density at radius 2 is 1.23 bits per heavy atom. The van der Waals surface area contributed by atoms with Crippen LogP contribution in [0.4, 0.5) is 0 Å². The lowest BCUT2D eigenvalue weighted by atomic mass is 9.76. The van der Waals surface area contributed by atoms with Gasteiger partial charge in [-0.25, -0.2) is 0 Å². The Labute approximate surface area is 180 Å². The molecule has 156 valence electrons. The quantitative estimate of drug-likeness (QED) is 0.489. The Bertz CT molecular complexity index is 882. The van der Waals surface area contributed by atoms with E-state index in [1.165, 1.54) is 25.7 Å². The van der Waals surface area contributed by atoms with Gasteiger partial charge in [0.2, 0.25) is 0 Å². The van der Waals surface area contributed by atoms with E-state index >= 15 is 0 Å². The van der Waals surface area contributed by atoms with E-state index in [9.17, 15) is 0 Å². The van der Waals surface area contributed by atoms with Gasteiger partial charge in [-0.3, -0.25) is 0 Å². The second-order valence-electron chi connectivity index (χ2n) is 9.49. The van der Waals surface area contributed by atoms with Crippen LogP contribution < -0.4 is 9.47 Å². The van der Waals surface area contributed by atoms with Gasteiger partial charge >= 0.3 is 0 Å². The first-order valence-electron chi connectivity index (χ1n) is 11.4. The predicted molar refractivity (Wildman–Crippen MR) is 123 cm³/mol. The van der Waals surface area contributed by atoms with Gasteiger partial charge in [0.25, 0.3) is 0 Å². The molecular weight excluding hydrogens is 368 g/mol. The van der Waals surface area contributed by atoms with Crippen molar-refractivity contribution in [2.24, 2.45) is 35.5 Å². The van der Waals surface area contributed by atoms with Crippen LogP contribution in [-0.2, 0) is 0 Å². The lowest BCUT2D eigenvalue weighted by molar-refractivity contribution is 0.132. The Morgan fingerprint density at radius 1 is 0.667 bits per heavy atom. The maximum atomic E-state index is 6.18. The molecule has 2 aromatic rings. The fourth-order valence-electron chi connectivity index (χ4n) is 6.47. The van der Waals surface area contributed by atoms with Crippen LogP contribution in [0.1, 0.15) is 36.8 Å². The molecule has 0 aromatic heterocycles. The topological polar surface area (TPSA) is 18.5 Å². The van der Waals surface area contributed by atoms with Crippen molar-refractivity contribution in [1.29, 1.82) is 0 Å². The Kier molecular flexibility index (Phi) is 5.41. The van der Waals surface area contributed by atoms with E-state index in [1.807, 2.05) is 12.2 Å². The van der Waals surface area contributed by atoms with Crippen molar-refractivity contribution in [3.05, 3.63) is 72.8 Å². The van der Waals surface area contributed by atoms with E-state index in [4.69, 9.17) is 9.47 Å². The summed E-state index contributed by atoms with van der Waals surface area (Å²) in [5.74, 6) is 6.97. The van der Waals surface area contributed by atoms with Gasteiger partial charge in [0.15, 0.2) is 0 Å². The molecule has 6 atom stereocenters. The highest BCUT2D eigenvalue weighted by Gasteiger charge is 2.55. The highest BCUT2D eigenvalue weighted by atomic mass is 16.5. The van der Waals surface area contributed by atoms with Gasteiger partial charge in [-0.2, -0.15) is 0 Å². The monoisotopic (exact) mass is 400 g/mol. The lowest BCUT2D eigenvalue weighted by Gasteiger charge is -2.31. The first-order chi connectivity index (χ1) is 14.7. The summed E-state index contributed by atoms with van der Waals surface area (Å²) < 4.78 is 12.3. The van der Waals surface area contributed by atoms with Crippen LogP contribution in [0.25, 0.3) is 12.2 Å². The SMILES string of the molecule is C=Cc1ccc(OCC2CC3C4CC(COc5ccc(C=C)cc5)C(C4)C3C2)cc1. The molecule has 3 saturated carbocycles. The zero-order valence-corrected chi connectivity index (χ0v) is 17.7. The third-order valence-corrected chi connectivity index (χ3v) is 7.88. The molecule has 0 radical (unpaired) electrons. The standard InChI is InChI=1S/C28H32O2/c1-3-19-5-9-24(10-6-19)29-17-21-13-26-22-15-23(27(16-22)28(26)14-21)18-30-25-11-7-20(4-2)8-12-25/h3-12,21-23,26-28H,1-2,13-18H2. The van der Waals surface area contributed by atoms with Crippen molar-refractivity contribution >= 4 is 12.2 Å². The van der Waals surface area contributed by atoms with E-state index in [1.54, 1.807) is 0 Å². The highest BCUT2D eigenvalue weighted by molar-refractivity contribution is 5.48. The molecule has 30 heavy (non-hydrogen) atoms. The van der Waals surface area contributed by atoms with E-state index in [-0.39, 0.29) is 0 Å². The summed E-state index contributed by atoms with van der Waals surface area (Å²) in [5.41, 5.74) is 2.28. The third kappa shape index (κ3) is 3.80. The predicted octanol–water partition coefficient (Wildman–Crippen LogP) is 6.73. The normalized spacial score (nSPS) is 31.3. The number of fused-ring (bicyclic) bond motifs is 5. The molecule has 0 aliphatic heterocycles. The first kappa shape index (κ1) is 19.5. The second kappa shape index (κ2) is 8.34. The number of hydrogen-bond acceptors (Lipinski definition) is 2. The lowest BCUT2D eigenvalue weighted by Crippen LogP contribution is -2.28. The van der Waals surface area contributed by atoms with E-state index in [0.29, 0.717) is 5.92 Å². The maximum Gasteiger partial charge on any atom is 0.119 e. The molecular formula is C28H32O2. The highest BCUT2D eigenvalue weighted by Crippen LogP contribution is 2.62. The molecule has 3 aliphatic rings. The molecule has 2 heteroatoms. The summed E-state index contributed by atoms with van der Waals surface area (Å²) in [5, 5.41) is 0. The van der Waals surface area contributed by atoms with Gasteiger partial charge in [-0.15, -0.1) is 0 Å². The summed E-state index contributed by atoms with van der Waals surface area (Å²) in [6.45, 7) is 9.36. The zero-order chi connectivity index (χ0) is 20.5. The largest absolute Gasteiger partial charge is 0.493 e. The van der Waals surface area contributed by atoms with Crippen LogP contribution in [0.15, 0.2) is 61.7 Å². The third-order valence-electron chi connectivity index (χ3n) is 7.88. The van der Waals surface area contributed by atoms with Gasteiger partial charge in [-0.05, 0) is 96.6 Å². The summed E-state index contributed by atoms with van der Waals surface area (Å²) in [6, 6.07) is 16.5. The molecule has 6 unspecified atom stereocenters. The van der Waals surface area contributed by atoms with Crippen LogP contribution >= 0.6 is 0 Å². The molecule has 0 heterocycles. The van der Waals surface area contributed by atoms with Crippen LogP contribution in [0.2, 0.25) is 0 Å². The summed E-state index contributed by atoms with van der Waals surface area (Å²) in [6.07, 6.45) is 9.21. The van der Waals surface area contributed by atoms with E-state index in [0.717, 1.165) is 65.4 Å². The van der Waals surface area contributed by atoms with E-state index in [2.05, 4.69) is 61.7 Å². The molecule has 2 bridgehead atoms. The smallest absolute Gasteiger partial charge is 0.119 e. The van der Waals surface area contributed by atoms with Crippen LogP contribution in [-0.4, -0.2) is 13.2 Å². The van der Waals surface area contributed by atoms with Crippen molar-refractivity contribution in [3.63, 3.8) is 0 Å². The van der Waals surface area contributed by atoms with Crippen molar-refractivity contribution in [2.45, 2.75) is 25.7 Å². The Hall–Kier alpha value is -2.48. The van der Waals surface area contributed by atoms with Gasteiger partial charge in [-0.1, -0.05) is 49.6 Å². The average Bonchev–Trinajstić information content (AvgIpc) is 3.49. The fourth-order valence-corrected chi connectivity index (χ4v) is 6.47. The summed E-state index contributed by atoms with van der Waals surface area (Å²) in [4.78, 5) is 0. The summed E-state index contributed by atoms with van der Waals surface area (Å²) >= 11 is 0. The fraction of sp³-hybridized carbons (Fsp3) is 0.429. The zero-order valence-electron chi connectivity index (χ0n) is 17.7. The minimum absolute atomic E-state index is 0.704. The second-order valence-corrected chi connectivity index (χ2v) is 9.49. The summed E-state index contributed by atoms with van der Waals surface area (Å²) in [7, 11) is 0. The number of ether oxygens (including phenoxy) is 2. The number of hydrogen-bond donors (Lipinski definition) is 0. The molecule has 3 fully saturated rings. The molecule has 2 aromatic carbocycles. The molecule has 5 rings (SSSR count). The molecule has 0 saturated heterocycles. The first-order valence-corrected chi connectivity index (χ1v) is 11.4. The van der Waals surface area contributed by atoms with Crippen LogP contribution in [0, 0.1) is 35.5 Å². The van der Waals surface area contributed by atoms with Gasteiger partial charge in [0.05, 0.1) is 13.2 Å². The van der Waals surface area contributed by atoms with Gasteiger partial charge in [0, 0.05) is 0 Å². The van der Waals surface area contributed by atoms with Crippen molar-refractivity contribution < 1.29 is 9.47 Å². The Morgan fingerprint density at radius 3 is 1.83 bits per heavy atom. The van der Waals surface area contributed by atoms with Crippen molar-refractivity contribution in [3.8, 4) is 11.5 Å². The van der Waals surface area contributed by atoms with Gasteiger partial charge in [0.1, 0.15) is 11.5 Å². The van der Waals surface area contributed by atoms with Crippen molar-refractivity contribution in [2.75, 3.05) is 13.2 Å². The average molecular weight is 401 g/mol. The molecule has 0 spiro atoms. The molecule has 3 aliphatic carbocycles. The molecule has 0 N–H and O–H groups in total. The number of benzene rings is 2. The van der Waals surface area contributed by atoms with Crippen LogP contribution in [0.3, 0.4) is 0 Å². The minimum atomic E-state index is 0.704. The number of rotatable bonds is 8. The van der Waals surface area contributed by atoms with Gasteiger partial charge < -0.3 is 9.47 Å². The molecule has 2 nitrogen and oxygen atoms in total. The van der Waals surface area contributed by atoms with Crippen molar-refractivity contribution in [1.82, 2.24) is 0 Å². The minimum Gasteiger partial charge on any atom is -0.493 e. The Balaban J connectivity index is 1.13. The molecule has 0 amide bonds.